The third-order valence-corrected chi connectivity index (χ3v) is 6.10. The van der Waals surface area contributed by atoms with Crippen molar-refractivity contribution in [2.24, 2.45) is 4.99 Å². The summed E-state index contributed by atoms with van der Waals surface area (Å²) < 4.78 is 4.94. The van der Waals surface area contributed by atoms with Gasteiger partial charge < -0.3 is 14.7 Å². The van der Waals surface area contributed by atoms with E-state index in [9.17, 15) is 0 Å². The molecule has 0 radical (unpaired) electrons. The molecule has 0 bridgehead atoms. The summed E-state index contributed by atoms with van der Waals surface area (Å²) in [4.78, 5) is 11.9. The van der Waals surface area contributed by atoms with Crippen molar-refractivity contribution in [1.29, 1.82) is 0 Å². The van der Waals surface area contributed by atoms with E-state index >= 15 is 0 Å². The number of fused-ring (bicyclic) bond motifs is 1. The quantitative estimate of drug-likeness (QED) is 0.369. The van der Waals surface area contributed by atoms with Crippen LogP contribution in [0.1, 0.15) is 23.7 Å². The van der Waals surface area contributed by atoms with Crippen LogP contribution >= 0.6 is 24.0 Å². The van der Waals surface area contributed by atoms with Crippen LogP contribution in [0.5, 0.6) is 0 Å². The molecule has 0 amide bonds. The number of aliphatic imine (C=N–C) groups is 1. The van der Waals surface area contributed by atoms with Gasteiger partial charge in [-0.15, -0.1) is 24.0 Å². The van der Waals surface area contributed by atoms with Crippen molar-refractivity contribution >= 4 is 29.9 Å². The minimum atomic E-state index is 0. The average Bonchev–Trinajstić information content (AvgIpc) is 3.28. The summed E-state index contributed by atoms with van der Waals surface area (Å²) in [5.41, 5.74) is 3.97. The molecule has 1 aromatic heterocycles. The van der Waals surface area contributed by atoms with Crippen LogP contribution in [0.4, 0.5) is 0 Å². The van der Waals surface area contributed by atoms with Gasteiger partial charge in [-0.25, -0.2) is 0 Å². The fourth-order valence-electron chi connectivity index (χ4n) is 4.26. The minimum absolute atomic E-state index is 0. The van der Waals surface area contributed by atoms with Crippen LogP contribution < -0.4 is 5.32 Å². The number of rotatable bonds is 5. The number of piperazine rings is 1. The second-order valence-electron chi connectivity index (χ2n) is 8.02. The molecule has 3 heterocycles. The van der Waals surface area contributed by atoms with E-state index in [1.165, 1.54) is 11.1 Å². The summed E-state index contributed by atoms with van der Waals surface area (Å²) >= 11 is 0. The number of benzene rings is 1. The number of halogens is 1. The van der Waals surface area contributed by atoms with Gasteiger partial charge in [0.2, 0.25) is 0 Å². The van der Waals surface area contributed by atoms with Gasteiger partial charge in [-0.1, -0.05) is 29.4 Å². The monoisotopic (exact) mass is 524 g/mol. The fraction of sp³-hybridized carbons (Fsp3) is 0.545. The van der Waals surface area contributed by atoms with Crippen LogP contribution in [-0.4, -0.2) is 78.2 Å². The highest BCUT2D eigenvalue weighted by Crippen LogP contribution is 2.20. The lowest BCUT2D eigenvalue weighted by molar-refractivity contribution is 0.165. The number of nitrogens with zero attached hydrogens (tertiary/aromatic N) is 5. The summed E-state index contributed by atoms with van der Waals surface area (Å²) in [6.07, 6.45) is 2.78. The van der Waals surface area contributed by atoms with Crippen molar-refractivity contribution in [2.75, 3.05) is 46.3 Å². The van der Waals surface area contributed by atoms with Crippen LogP contribution in [0.2, 0.25) is 0 Å². The van der Waals surface area contributed by atoms with Gasteiger partial charge in [0.15, 0.2) is 5.96 Å². The lowest BCUT2D eigenvalue weighted by Crippen LogP contribution is -2.54. The molecule has 1 unspecified atom stereocenters. The SMILES string of the molecule is CN=C(NCC(C)N1CCc2ccccc2C1)N1CCN(Cc2ccon2)CC1.I. The third-order valence-electron chi connectivity index (χ3n) is 6.10. The van der Waals surface area contributed by atoms with E-state index in [1.54, 1.807) is 6.26 Å². The van der Waals surface area contributed by atoms with E-state index in [-0.39, 0.29) is 24.0 Å². The Kier molecular flexibility index (Phi) is 8.52. The highest BCUT2D eigenvalue weighted by atomic mass is 127. The Morgan fingerprint density at radius 1 is 1.13 bits per heavy atom. The highest BCUT2D eigenvalue weighted by Gasteiger charge is 2.23. The molecule has 0 saturated carbocycles. The topological polar surface area (TPSA) is 60.1 Å². The zero-order valence-corrected chi connectivity index (χ0v) is 20.3. The molecule has 30 heavy (non-hydrogen) atoms. The van der Waals surface area contributed by atoms with Gasteiger partial charge in [-0.3, -0.25) is 14.8 Å². The molecule has 1 aromatic carbocycles. The van der Waals surface area contributed by atoms with E-state index in [1.807, 2.05) is 13.1 Å². The van der Waals surface area contributed by atoms with Gasteiger partial charge in [0.1, 0.15) is 6.26 Å². The Morgan fingerprint density at radius 3 is 2.60 bits per heavy atom. The molecule has 2 aromatic rings. The molecule has 2 aliphatic heterocycles. The predicted molar refractivity (Wildman–Crippen MR) is 130 cm³/mol. The maximum absolute atomic E-state index is 4.94. The van der Waals surface area contributed by atoms with Crippen LogP contribution in [0.3, 0.4) is 0 Å². The predicted octanol–water partition coefficient (Wildman–Crippen LogP) is 2.43. The highest BCUT2D eigenvalue weighted by molar-refractivity contribution is 14.0. The summed E-state index contributed by atoms with van der Waals surface area (Å²) in [7, 11) is 1.88. The molecule has 8 heteroatoms. The lowest BCUT2D eigenvalue weighted by Gasteiger charge is -2.37. The van der Waals surface area contributed by atoms with E-state index in [4.69, 9.17) is 4.52 Å². The van der Waals surface area contributed by atoms with Gasteiger partial charge >= 0.3 is 0 Å². The maximum Gasteiger partial charge on any atom is 0.193 e. The summed E-state index contributed by atoms with van der Waals surface area (Å²) in [5, 5.41) is 7.63. The van der Waals surface area contributed by atoms with Crippen molar-refractivity contribution in [2.45, 2.75) is 32.5 Å². The van der Waals surface area contributed by atoms with E-state index in [0.29, 0.717) is 6.04 Å². The molecule has 2 aliphatic rings. The van der Waals surface area contributed by atoms with E-state index < -0.39 is 0 Å². The molecule has 4 rings (SSSR count). The van der Waals surface area contributed by atoms with Gasteiger partial charge in [0.25, 0.3) is 0 Å². The molecule has 7 nitrogen and oxygen atoms in total. The lowest BCUT2D eigenvalue weighted by atomic mass is 9.99. The van der Waals surface area contributed by atoms with Crippen LogP contribution in [0, 0.1) is 0 Å². The summed E-state index contributed by atoms with van der Waals surface area (Å²) in [6, 6.07) is 11.2. The second kappa shape index (κ2) is 11.1. The van der Waals surface area contributed by atoms with E-state index in [0.717, 1.165) is 70.4 Å². The Bertz CT molecular complexity index is 804. The average molecular weight is 524 g/mol. The molecule has 1 N–H and O–H groups in total. The normalized spacial score (nSPS) is 19.1. The number of nitrogens with one attached hydrogen (secondary N) is 1. The third kappa shape index (κ3) is 5.73. The standard InChI is InChI=1S/C22H32N6O.HI/c1-18(28-9-7-19-5-3-4-6-20(19)16-28)15-24-22(23-2)27-12-10-26(11-13-27)17-21-8-14-29-25-21;/h3-6,8,14,18H,7,9-13,15-17H2,1-2H3,(H,23,24);1H. The Balaban J connectivity index is 0.00000256. The molecular formula is C22H33IN6O. The first-order valence-corrected chi connectivity index (χ1v) is 10.6. The smallest absolute Gasteiger partial charge is 0.193 e. The fourth-order valence-corrected chi connectivity index (χ4v) is 4.26. The van der Waals surface area contributed by atoms with E-state index in [2.05, 4.69) is 61.4 Å². The molecule has 0 spiro atoms. The second-order valence-corrected chi connectivity index (χ2v) is 8.02. The maximum atomic E-state index is 4.94. The van der Waals surface area contributed by atoms with Crippen molar-refractivity contribution in [3.05, 3.63) is 53.4 Å². The van der Waals surface area contributed by atoms with Crippen molar-refractivity contribution < 1.29 is 4.52 Å². The first-order valence-electron chi connectivity index (χ1n) is 10.6. The van der Waals surface area contributed by atoms with Crippen LogP contribution in [-0.2, 0) is 19.5 Å². The Hall–Kier alpha value is -1.65. The number of aromatic nitrogens is 1. The first-order chi connectivity index (χ1) is 14.2. The molecule has 1 atom stereocenters. The minimum Gasteiger partial charge on any atom is -0.364 e. The number of hydrogen-bond donors (Lipinski definition) is 1. The van der Waals surface area contributed by atoms with Gasteiger partial charge in [-0.2, -0.15) is 0 Å². The van der Waals surface area contributed by atoms with Gasteiger partial charge in [0, 0.05) is 71.5 Å². The molecule has 1 saturated heterocycles. The van der Waals surface area contributed by atoms with Crippen molar-refractivity contribution in [1.82, 2.24) is 25.2 Å². The Morgan fingerprint density at radius 2 is 1.90 bits per heavy atom. The van der Waals surface area contributed by atoms with Crippen LogP contribution in [0.25, 0.3) is 0 Å². The van der Waals surface area contributed by atoms with Crippen molar-refractivity contribution in [3.63, 3.8) is 0 Å². The zero-order valence-electron chi connectivity index (χ0n) is 18.0. The molecule has 0 aliphatic carbocycles. The van der Waals surface area contributed by atoms with Gasteiger partial charge in [0.05, 0.1) is 5.69 Å². The number of hydrogen-bond acceptors (Lipinski definition) is 5. The van der Waals surface area contributed by atoms with Crippen LogP contribution in [0.15, 0.2) is 46.1 Å². The number of guanidine groups is 1. The zero-order chi connectivity index (χ0) is 20.1. The summed E-state index contributed by atoms with van der Waals surface area (Å²) in [5.74, 6) is 1.01. The molecule has 1 fully saturated rings. The van der Waals surface area contributed by atoms with Crippen molar-refractivity contribution in [3.8, 4) is 0 Å². The Labute approximate surface area is 196 Å². The first kappa shape index (κ1) is 23.0. The van der Waals surface area contributed by atoms with Gasteiger partial charge in [-0.05, 0) is 24.5 Å². The summed E-state index contributed by atoms with van der Waals surface area (Å²) in [6.45, 7) is 10.2. The largest absolute Gasteiger partial charge is 0.364 e. The molecule has 164 valence electrons. The molecular weight excluding hydrogens is 491 g/mol.